The lowest BCUT2D eigenvalue weighted by Gasteiger charge is -2.39. The summed E-state index contributed by atoms with van der Waals surface area (Å²) in [5.41, 5.74) is 1.14. The molecule has 0 bridgehead atoms. The second-order valence-corrected chi connectivity index (χ2v) is 5.23. The first kappa shape index (κ1) is 10.5. The fourth-order valence-corrected chi connectivity index (χ4v) is 3.68. The van der Waals surface area contributed by atoms with Crippen LogP contribution in [0.5, 0.6) is 0 Å². The molecule has 3 aliphatic rings. The number of nitrogens with one attached hydrogen (secondary N) is 1. The Morgan fingerprint density at radius 3 is 2.75 bits per heavy atom. The highest BCUT2D eigenvalue weighted by Crippen LogP contribution is 2.54. The Kier molecular flexibility index (Phi) is 2.42. The second-order valence-electron chi connectivity index (χ2n) is 5.23. The van der Waals surface area contributed by atoms with E-state index in [-0.39, 0.29) is 11.3 Å². The molecule has 0 aromatic heterocycles. The molecule has 0 aromatic rings. The minimum Gasteiger partial charge on any atom is -0.390 e. The molecule has 3 unspecified atom stereocenters. The maximum atomic E-state index is 10.4. The van der Waals surface area contributed by atoms with Crippen LogP contribution in [0.4, 0.5) is 0 Å². The van der Waals surface area contributed by atoms with Gasteiger partial charge in [0.2, 0.25) is 0 Å². The zero-order valence-electron chi connectivity index (χ0n) is 9.39. The Labute approximate surface area is 95.9 Å². The number of hydrogen-bond donors (Lipinski definition) is 3. The van der Waals surface area contributed by atoms with E-state index in [9.17, 15) is 10.2 Å². The Bertz CT molecular complexity index is 342. The fraction of sp³-hybridized carbons (Fsp3) is 0.692. The predicted molar refractivity (Wildman–Crippen MR) is 61.9 cm³/mol. The topological polar surface area (TPSA) is 52.5 Å². The van der Waals surface area contributed by atoms with E-state index in [1.54, 1.807) is 0 Å². The number of hydrogen-bond acceptors (Lipinski definition) is 3. The Morgan fingerprint density at radius 2 is 2.00 bits per heavy atom. The van der Waals surface area contributed by atoms with Crippen LogP contribution in [0.2, 0.25) is 0 Å². The summed E-state index contributed by atoms with van der Waals surface area (Å²) in [4.78, 5) is 0. The zero-order valence-corrected chi connectivity index (χ0v) is 9.39. The molecule has 3 nitrogen and oxygen atoms in total. The lowest BCUT2D eigenvalue weighted by molar-refractivity contribution is -0.0357. The van der Waals surface area contributed by atoms with Crippen molar-refractivity contribution in [2.75, 3.05) is 13.1 Å². The second kappa shape index (κ2) is 3.69. The molecule has 0 aromatic carbocycles. The first-order valence-electron chi connectivity index (χ1n) is 6.20. The van der Waals surface area contributed by atoms with Gasteiger partial charge in [0.25, 0.3) is 0 Å². The molecule has 1 aliphatic heterocycles. The minimum atomic E-state index is -0.578. The number of rotatable bonds is 0. The Hall–Kier alpha value is -0.640. The maximum Gasteiger partial charge on any atom is 0.0899 e. The average Bonchev–Trinajstić information content (AvgIpc) is 2.55. The average molecular weight is 221 g/mol. The van der Waals surface area contributed by atoms with Crippen LogP contribution in [0.25, 0.3) is 0 Å². The van der Waals surface area contributed by atoms with Crippen molar-refractivity contribution in [3.8, 4) is 0 Å². The molecule has 88 valence electrons. The number of allylic oxidation sites excluding steroid dienone is 3. The van der Waals surface area contributed by atoms with Crippen LogP contribution in [-0.4, -0.2) is 35.5 Å². The normalized spacial score (nSPS) is 40.9. The molecule has 3 atom stereocenters. The van der Waals surface area contributed by atoms with Crippen LogP contribution in [0.3, 0.4) is 0 Å². The van der Waals surface area contributed by atoms with Crippen molar-refractivity contribution < 1.29 is 10.2 Å². The lowest BCUT2D eigenvalue weighted by Crippen LogP contribution is -2.44. The minimum absolute atomic E-state index is 0.151. The van der Waals surface area contributed by atoms with E-state index < -0.39 is 12.2 Å². The first-order valence-corrected chi connectivity index (χ1v) is 6.20. The van der Waals surface area contributed by atoms with Gasteiger partial charge in [-0.15, -0.1) is 0 Å². The third kappa shape index (κ3) is 1.25. The maximum absolute atomic E-state index is 10.4. The number of aliphatic hydroxyl groups is 2. The molecule has 3 N–H and O–H groups in total. The monoisotopic (exact) mass is 221 g/mol. The van der Waals surface area contributed by atoms with Gasteiger partial charge in [0.15, 0.2) is 0 Å². The van der Waals surface area contributed by atoms with Crippen LogP contribution in [0.1, 0.15) is 19.3 Å². The van der Waals surface area contributed by atoms with Gasteiger partial charge in [0.1, 0.15) is 0 Å². The summed E-state index contributed by atoms with van der Waals surface area (Å²) < 4.78 is 0. The molecule has 3 rings (SSSR count). The molecule has 1 heterocycles. The lowest BCUT2D eigenvalue weighted by atomic mass is 9.71. The largest absolute Gasteiger partial charge is 0.390 e. The summed E-state index contributed by atoms with van der Waals surface area (Å²) in [5.74, 6) is 0.151. The van der Waals surface area contributed by atoms with E-state index >= 15 is 0 Å². The summed E-state index contributed by atoms with van der Waals surface area (Å²) in [6, 6.07) is 0. The van der Waals surface area contributed by atoms with Gasteiger partial charge in [-0.2, -0.15) is 0 Å². The van der Waals surface area contributed by atoms with E-state index in [2.05, 4.69) is 23.5 Å². The molecule has 1 spiro atoms. The van der Waals surface area contributed by atoms with E-state index in [1.165, 1.54) is 5.57 Å². The summed E-state index contributed by atoms with van der Waals surface area (Å²) >= 11 is 0. The Morgan fingerprint density at radius 1 is 1.25 bits per heavy atom. The summed E-state index contributed by atoms with van der Waals surface area (Å²) in [6.07, 6.45) is 7.89. The molecule has 1 saturated carbocycles. The number of piperidine rings is 1. The molecule has 1 saturated heterocycles. The highest BCUT2D eigenvalue weighted by atomic mass is 16.3. The van der Waals surface area contributed by atoms with Gasteiger partial charge in [-0.05, 0) is 32.4 Å². The molecule has 16 heavy (non-hydrogen) atoms. The molecule has 2 fully saturated rings. The van der Waals surface area contributed by atoms with Crippen LogP contribution in [-0.2, 0) is 0 Å². The number of fused-ring (bicyclic) bond motifs is 2. The number of aliphatic hydroxyl groups excluding tert-OH is 2. The smallest absolute Gasteiger partial charge is 0.0899 e. The van der Waals surface area contributed by atoms with E-state index in [0.717, 1.165) is 32.4 Å². The van der Waals surface area contributed by atoms with Gasteiger partial charge in [-0.25, -0.2) is 0 Å². The van der Waals surface area contributed by atoms with Crippen molar-refractivity contribution in [3.05, 3.63) is 23.8 Å². The molecule has 0 amide bonds. The third-order valence-corrected chi connectivity index (χ3v) is 4.57. The van der Waals surface area contributed by atoms with Crippen molar-refractivity contribution in [1.82, 2.24) is 5.32 Å². The molecular weight excluding hydrogens is 202 g/mol. The quantitative estimate of drug-likeness (QED) is 0.561. The Balaban J connectivity index is 2.01. The van der Waals surface area contributed by atoms with Gasteiger partial charge in [-0.3, -0.25) is 0 Å². The zero-order chi connectivity index (χ0) is 11.2. The van der Waals surface area contributed by atoms with Crippen molar-refractivity contribution in [2.45, 2.75) is 31.5 Å². The van der Waals surface area contributed by atoms with E-state index in [1.807, 2.05) is 0 Å². The molecule has 2 aliphatic carbocycles. The van der Waals surface area contributed by atoms with Crippen LogP contribution in [0, 0.1) is 11.3 Å². The highest BCUT2D eigenvalue weighted by molar-refractivity contribution is 5.35. The van der Waals surface area contributed by atoms with Crippen LogP contribution >= 0.6 is 0 Å². The summed E-state index contributed by atoms with van der Waals surface area (Å²) in [7, 11) is 0. The van der Waals surface area contributed by atoms with Crippen LogP contribution in [0.15, 0.2) is 23.8 Å². The summed E-state index contributed by atoms with van der Waals surface area (Å²) in [6.45, 7) is 1.88. The van der Waals surface area contributed by atoms with Gasteiger partial charge >= 0.3 is 0 Å². The fourth-order valence-electron chi connectivity index (χ4n) is 3.68. The first-order chi connectivity index (χ1) is 7.76. The SMILES string of the molecule is OC1C2CC=CC=C2C2(CCNCC2)C1O. The van der Waals surface area contributed by atoms with Gasteiger partial charge in [0.05, 0.1) is 12.2 Å². The van der Waals surface area contributed by atoms with Gasteiger partial charge in [0, 0.05) is 11.3 Å². The third-order valence-electron chi connectivity index (χ3n) is 4.57. The van der Waals surface area contributed by atoms with Crippen molar-refractivity contribution in [3.63, 3.8) is 0 Å². The van der Waals surface area contributed by atoms with Crippen molar-refractivity contribution in [1.29, 1.82) is 0 Å². The van der Waals surface area contributed by atoms with Gasteiger partial charge < -0.3 is 15.5 Å². The van der Waals surface area contributed by atoms with E-state index in [4.69, 9.17) is 0 Å². The molecular formula is C13H19NO2. The standard InChI is InChI=1S/C13H19NO2/c15-11-9-3-1-2-4-10(9)13(12(11)16)5-7-14-8-6-13/h1-2,4,9,11-12,14-16H,3,5-8H2. The summed E-state index contributed by atoms with van der Waals surface area (Å²) in [5, 5.41) is 23.9. The van der Waals surface area contributed by atoms with Gasteiger partial charge in [-0.1, -0.05) is 23.8 Å². The molecule has 0 radical (unpaired) electrons. The van der Waals surface area contributed by atoms with Crippen molar-refractivity contribution >= 4 is 0 Å². The molecule has 3 heteroatoms. The highest BCUT2D eigenvalue weighted by Gasteiger charge is 2.55. The van der Waals surface area contributed by atoms with E-state index in [0.29, 0.717) is 0 Å². The van der Waals surface area contributed by atoms with Crippen molar-refractivity contribution in [2.24, 2.45) is 11.3 Å². The van der Waals surface area contributed by atoms with Crippen LogP contribution < -0.4 is 5.32 Å². The predicted octanol–water partition coefficient (Wildman–Crippen LogP) is 0.594.